The Hall–Kier alpha value is -3.12. The topological polar surface area (TPSA) is 134 Å². The summed E-state index contributed by atoms with van der Waals surface area (Å²) >= 11 is 0. The van der Waals surface area contributed by atoms with Crippen molar-refractivity contribution in [1.82, 2.24) is 24.2 Å². The van der Waals surface area contributed by atoms with Crippen LogP contribution in [0.2, 0.25) is 0 Å². The highest BCUT2D eigenvalue weighted by molar-refractivity contribution is 7.89. The fourth-order valence-electron chi connectivity index (χ4n) is 3.54. The largest absolute Gasteiger partial charge is 0.382 e. The molecule has 0 radical (unpaired) electrons. The molecule has 0 atom stereocenters. The monoisotopic (exact) mass is 503 g/mol. The number of pyridine rings is 1. The number of likely N-dealkylation sites (N-methyl/N-ethyl adjacent to an activating group) is 1. The van der Waals surface area contributed by atoms with Crippen LogP contribution >= 0.6 is 12.4 Å². The van der Waals surface area contributed by atoms with Crippen molar-refractivity contribution in [2.24, 2.45) is 0 Å². The zero-order valence-corrected chi connectivity index (χ0v) is 20.2. The first kappa shape index (κ1) is 25.5. The van der Waals surface area contributed by atoms with Gasteiger partial charge in [0.05, 0.1) is 28.7 Å². The van der Waals surface area contributed by atoms with Crippen LogP contribution in [0.15, 0.2) is 59.9 Å². The molecule has 3 N–H and O–H groups in total. The second kappa shape index (κ2) is 10.9. The Morgan fingerprint density at radius 1 is 1.06 bits per heavy atom. The van der Waals surface area contributed by atoms with Crippen molar-refractivity contribution in [1.29, 1.82) is 0 Å². The summed E-state index contributed by atoms with van der Waals surface area (Å²) < 4.78 is 27.6. The van der Waals surface area contributed by atoms with Gasteiger partial charge in [0, 0.05) is 31.4 Å². The number of nitrogens with zero attached hydrogens (tertiary/aromatic N) is 5. The van der Waals surface area contributed by atoms with Crippen molar-refractivity contribution in [3.8, 4) is 11.3 Å². The maximum Gasteiger partial charge on any atom is 0.278 e. The summed E-state index contributed by atoms with van der Waals surface area (Å²) in [6.45, 7) is 2.52. The molecular formula is C22H26ClN7O3S. The van der Waals surface area contributed by atoms with Gasteiger partial charge in [-0.2, -0.15) is 4.31 Å². The number of hydrogen-bond acceptors (Lipinski definition) is 8. The molecule has 3 heterocycles. The molecule has 3 aromatic rings. The fraction of sp³-hybridized carbons (Fsp3) is 0.273. The maximum atomic E-state index is 13.1. The van der Waals surface area contributed by atoms with E-state index >= 15 is 0 Å². The fourth-order valence-corrected chi connectivity index (χ4v) is 5.01. The Kier molecular flexibility index (Phi) is 8.15. The number of anilines is 2. The summed E-state index contributed by atoms with van der Waals surface area (Å²) in [4.78, 5) is 27.4. The normalized spacial score (nSPS) is 15.2. The molecule has 34 heavy (non-hydrogen) atoms. The lowest BCUT2D eigenvalue weighted by Crippen LogP contribution is -2.34. The lowest BCUT2D eigenvalue weighted by molar-refractivity contribution is 0.102. The van der Waals surface area contributed by atoms with Gasteiger partial charge in [-0.1, -0.05) is 12.1 Å². The summed E-state index contributed by atoms with van der Waals surface area (Å²) in [6, 6.07) is 9.79. The van der Waals surface area contributed by atoms with Crippen LogP contribution in [0.1, 0.15) is 16.9 Å². The molecule has 4 rings (SSSR count). The van der Waals surface area contributed by atoms with Gasteiger partial charge < -0.3 is 16.0 Å². The number of nitrogen functional groups attached to an aromatic ring is 1. The van der Waals surface area contributed by atoms with Crippen molar-refractivity contribution in [3.63, 3.8) is 0 Å². The molecule has 0 aliphatic carbocycles. The molecule has 2 aromatic heterocycles. The van der Waals surface area contributed by atoms with Crippen LogP contribution in [0.25, 0.3) is 11.3 Å². The number of aromatic nitrogens is 3. The summed E-state index contributed by atoms with van der Waals surface area (Å²) in [5.74, 6) is -0.523. The Morgan fingerprint density at radius 2 is 1.82 bits per heavy atom. The number of carbonyl (C=O) groups is 1. The second-order valence-corrected chi connectivity index (χ2v) is 9.71. The van der Waals surface area contributed by atoms with Crippen LogP contribution in [0.5, 0.6) is 0 Å². The molecular weight excluding hydrogens is 478 g/mol. The molecule has 1 fully saturated rings. The van der Waals surface area contributed by atoms with E-state index < -0.39 is 15.9 Å². The van der Waals surface area contributed by atoms with Crippen molar-refractivity contribution < 1.29 is 13.2 Å². The molecule has 180 valence electrons. The average molecular weight is 504 g/mol. The molecule has 1 aliphatic rings. The molecule has 0 saturated carbocycles. The SMILES string of the molecule is CN1CCCN(S(=O)(=O)c2ccc(-c3cnc(N)c(C(=O)Nc4cccnc4)n3)cc2)CC1.Cl. The molecule has 0 unspecified atom stereocenters. The first-order valence-electron chi connectivity index (χ1n) is 10.5. The molecule has 0 spiro atoms. The van der Waals surface area contributed by atoms with Gasteiger partial charge in [-0.3, -0.25) is 9.78 Å². The van der Waals surface area contributed by atoms with Crippen LogP contribution in [0.3, 0.4) is 0 Å². The number of amides is 1. The Morgan fingerprint density at radius 3 is 2.53 bits per heavy atom. The maximum absolute atomic E-state index is 13.1. The minimum absolute atomic E-state index is 0. The van der Waals surface area contributed by atoms with E-state index in [4.69, 9.17) is 5.73 Å². The van der Waals surface area contributed by atoms with Gasteiger partial charge in [-0.25, -0.2) is 18.4 Å². The molecule has 1 amide bonds. The zero-order valence-electron chi connectivity index (χ0n) is 18.6. The van der Waals surface area contributed by atoms with E-state index in [0.29, 0.717) is 36.6 Å². The Labute approximate surface area is 204 Å². The van der Waals surface area contributed by atoms with Crippen LogP contribution < -0.4 is 11.1 Å². The number of halogens is 1. The van der Waals surface area contributed by atoms with E-state index in [-0.39, 0.29) is 28.8 Å². The molecule has 1 aliphatic heterocycles. The van der Waals surface area contributed by atoms with Gasteiger partial charge in [-0.05, 0) is 44.3 Å². The third kappa shape index (κ3) is 5.68. The number of hydrogen-bond donors (Lipinski definition) is 2. The molecule has 12 heteroatoms. The van der Waals surface area contributed by atoms with Crippen molar-refractivity contribution in [2.45, 2.75) is 11.3 Å². The van der Waals surface area contributed by atoms with Crippen LogP contribution in [-0.4, -0.2) is 71.7 Å². The molecule has 1 aromatic carbocycles. The lowest BCUT2D eigenvalue weighted by atomic mass is 10.1. The summed E-state index contributed by atoms with van der Waals surface area (Å²) in [7, 11) is -1.60. The molecule has 10 nitrogen and oxygen atoms in total. The van der Waals surface area contributed by atoms with Crippen molar-refractivity contribution in [3.05, 3.63) is 60.7 Å². The highest BCUT2D eigenvalue weighted by Gasteiger charge is 2.26. The average Bonchev–Trinajstić information content (AvgIpc) is 3.05. The van der Waals surface area contributed by atoms with Crippen LogP contribution in [0.4, 0.5) is 11.5 Å². The second-order valence-electron chi connectivity index (χ2n) is 7.77. The number of nitrogens with one attached hydrogen (secondary N) is 1. The van der Waals surface area contributed by atoms with Crippen molar-refractivity contribution in [2.75, 3.05) is 44.3 Å². The first-order chi connectivity index (χ1) is 15.8. The van der Waals surface area contributed by atoms with Crippen LogP contribution in [0, 0.1) is 0 Å². The van der Waals surface area contributed by atoms with E-state index in [2.05, 4.69) is 25.2 Å². The van der Waals surface area contributed by atoms with Gasteiger partial charge in [0.15, 0.2) is 11.5 Å². The highest BCUT2D eigenvalue weighted by Crippen LogP contribution is 2.23. The van der Waals surface area contributed by atoms with Crippen molar-refractivity contribution >= 4 is 39.8 Å². The number of nitrogens with two attached hydrogens (primary N) is 1. The van der Waals surface area contributed by atoms with E-state index in [1.807, 2.05) is 7.05 Å². The minimum atomic E-state index is -3.59. The van der Waals surface area contributed by atoms with Gasteiger partial charge in [0.1, 0.15) is 0 Å². The Balaban J connectivity index is 0.00000324. The predicted octanol–water partition coefficient (Wildman–Crippen LogP) is 2.12. The van der Waals surface area contributed by atoms with E-state index in [1.54, 1.807) is 42.6 Å². The Bertz CT molecular complexity index is 1240. The number of carbonyl (C=O) groups excluding carboxylic acids is 1. The van der Waals surface area contributed by atoms with E-state index in [1.165, 1.54) is 16.7 Å². The number of benzene rings is 1. The number of rotatable bonds is 5. The van der Waals surface area contributed by atoms with Gasteiger partial charge in [-0.15, -0.1) is 12.4 Å². The lowest BCUT2D eigenvalue weighted by Gasteiger charge is -2.20. The molecule has 0 bridgehead atoms. The quantitative estimate of drug-likeness (QED) is 0.540. The summed E-state index contributed by atoms with van der Waals surface area (Å²) in [5.41, 5.74) is 7.37. The predicted molar refractivity (Wildman–Crippen MR) is 132 cm³/mol. The zero-order chi connectivity index (χ0) is 23.4. The minimum Gasteiger partial charge on any atom is -0.382 e. The van der Waals surface area contributed by atoms with Gasteiger partial charge in [0.2, 0.25) is 10.0 Å². The third-order valence-corrected chi connectivity index (χ3v) is 7.31. The van der Waals surface area contributed by atoms with Gasteiger partial charge in [0.25, 0.3) is 5.91 Å². The standard InChI is InChI=1S/C22H25N7O3S.ClH/c1-28-10-3-11-29(13-12-28)33(31,32)18-7-5-16(6-8-18)19-15-25-21(23)20(27-19)22(30)26-17-4-2-9-24-14-17;/h2,4-9,14-15H,3,10-13H2,1H3,(H2,23,25)(H,26,30);1H. The summed E-state index contributed by atoms with van der Waals surface area (Å²) in [5, 5.41) is 2.68. The highest BCUT2D eigenvalue weighted by atomic mass is 35.5. The van der Waals surface area contributed by atoms with E-state index in [9.17, 15) is 13.2 Å². The summed E-state index contributed by atoms with van der Waals surface area (Å²) in [6.07, 6.45) is 5.34. The molecule has 1 saturated heterocycles. The van der Waals surface area contributed by atoms with E-state index in [0.717, 1.165) is 13.0 Å². The third-order valence-electron chi connectivity index (χ3n) is 5.40. The number of sulfonamides is 1. The van der Waals surface area contributed by atoms with Gasteiger partial charge >= 0.3 is 0 Å². The smallest absolute Gasteiger partial charge is 0.278 e. The first-order valence-corrected chi connectivity index (χ1v) is 11.9. The van der Waals surface area contributed by atoms with Crippen LogP contribution in [-0.2, 0) is 10.0 Å².